The minimum absolute atomic E-state index is 0.144. The monoisotopic (exact) mass is 426 g/mol. The predicted octanol–water partition coefficient (Wildman–Crippen LogP) is 2.59. The highest BCUT2D eigenvalue weighted by Crippen LogP contribution is 2.40. The predicted molar refractivity (Wildman–Crippen MR) is 114 cm³/mol. The maximum atomic E-state index is 13.4. The summed E-state index contributed by atoms with van der Waals surface area (Å²) in [5.41, 5.74) is 2.38. The van der Waals surface area contributed by atoms with Gasteiger partial charge in [0.15, 0.2) is 17.1 Å². The summed E-state index contributed by atoms with van der Waals surface area (Å²) < 4.78 is 17.6. The highest BCUT2D eigenvalue weighted by Gasteiger charge is 2.33. The fourth-order valence-corrected chi connectivity index (χ4v) is 4.11. The average molecular weight is 426 g/mol. The number of aromatic amines is 1. The zero-order chi connectivity index (χ0) is 22.1. The summed E-state index contributed by atoms with van der Waals surface area (Å²) in [5, 5.41) is 3.14. The Morgan fingerprint density at radius 2 is 1.84 bits per heavy atom. The van der Waals surface area contributed by atoms with Gasteiger partial charge in [-0.15, -0.1) is 0 Å². The number of hydrogen-bond donors (Lipinski definition) is 1. The van der Waals surface area contributed by atoms with Crippen molar-refractivity contribution < 1.29 is 19.0 Å². The van der Waals surface area contributed by atoms with E-state index in [1.807, 2.05) is 13.0 Å². The summed E-state index contributed by atoms with van der Waals surface area (Å²) in [7, 11) is 4.56. The van der Waals surface area contributed by atoms with Gasteiger partial charge in [-0.3, -0.25) is 14.7 Å². The second-order valence-corrected chi connectivity index (χ2v) is 7.41. The number of aromatic nitrogens is 3. The summed E-state index contributed by atoms with van der Waals surface area (Å²) in [5.74, 6) is 1.14. The number of methoxy groups -OCH3 is 3. The van der Waals surface area contributed by atoms with E-state index in [4.69, 9.17) is 14.2 Å². The van der Waals surface area contributed by atoms with Gasteiger partial charge in [-0.1, -0.05) is 6.92 Å². The van der Waals surface area contributed by atoms with Crippen LogP contribution in [-0.4, -0.2) is 53.3 Å². The quantitative estimate of drug-likeness (QED) is 0.651. The van der Waals surface area contributed by atoms with Gasteiger partial charge in [-0.25, -0.2) is 9.50 Å². The lowest BCUT2D eigenvalue weighted by molar-refractivity contribution is 0.0732. The molecule has 1 aromatic carbocycles. The van der Waals surface area contributed by atoms with Crippen LogP contribution in [0.15, 0.2) is 29.1 Å². The molecule has 164 valence electrons. The number of ether oxygens (including phenoxy) is 3. The fraction of sp³-hybridized carbons (Fsp3) is 0.409. The fourth-order valence-electron chi connectivity index (χ4n) is 4.11. The Morgan fingerprint density at radius 1 is 1.13 bits per heavy atom. The first kappa shape index (κ1) is 20.8. The zero-order valence-corrected chi connectivity index (χ0v) is 18.1. The first-order valence-corrected chi connectivity index (χ1v) is 10.2. The van der Waals surface area contributed by atoms with E-state index in [2.05, 4.69) is 10.1 Å². The van der Waals surface area contributed by atoms with E-state index in [0.29, 0.717) is 41.4 Å². The molecule has 1 aliphatic heterocycles. The number of fused-ring (bicyclic) bond motifs is 1. The smallest absolute Gasteiger partial charge is 0.272 e. The van der Waals surface area contributed by atoms with Crippen molar-refractivity contribution in [1.82, 2.24) is 19.5 Å². The zero-order valence-electron chi connectivity index (χ0n) is 18.1. The largest absolute Gasteiger partial charge is 0.493 e. The molecule has 0 spiro atoms. The van der Waals surface area contributed by atoms with Crippen molar-refractivity contribution in [2.45, 2.75) is 32.2 Å². The Kier molecular flexibility index (Phi) is 5.58. The summed E-state index contributed by atoms with van der Waals surface area (Å²) in [6.07, 6.45) is 2.33. The molecule has 1 N–H and O–H groups in total. The highest BCUT2D eigenvalue weighted by molar-refractivity contribution is 5.96. The molecular formula is C22H26N4O5. The van der Waals surface area contributed by atoms with Crippen molar-refractivity contribution in [2.75, 3.05) is 27.9 Å². The standard InChI is InChI=1S/C22H26N4O5/c1-5-14-11-20(27)26-19(23-14)12-15(24-26)16-7-6-8-25(16)22(28)13-9-17(29-2)21(31-4)18(10-13)30-3/h9-12,16,24H,5-8H2,1-4H3/t16-/m0/s1. The molecule has 0 unspecified atom stereocenters. The molecule has 0 bridgehead atoms. The third-order valence-corrected chi connectivity index (χ3v) is 5.67. The summed E-state index contributed by atoms with van der Waals surface area (Å²) in [6.45, 7) is 2.57. The summed E-state index contributed by atoms with van der Waals surface area (Å²) >= 11 is 0. The number of carbonyl (C=O) groups excluding carboxylic acids is 1. The van der Waals surface area contributed by atoms with Gasteiger partial charge in [0.1, 0.15) is 0 Å². The van der Waals surface area contributed by atoms with E-state index in [1.165, 1.54) is 31.9 Å². The average Bonchev–Trinajstić information content (AvgIpc) is 3.44. The van der Waals surface area contributed by atoms with E-state index < -0.39 is 0 Å². The molecule has 3 aromatic rings. The maximum absolute atomic E-state index is 13.4. The minimum atomic E-state index is -0.183. The molecule has 0 saturated carbocycles. The van der Waals surface area contributed by atoms with Crippen molar-refractivity contribution >= 4 is 11.6 Å². The lowest BCUT2D eigenvalue weighted by Gasteiger charge is -2.24. The Morgan fingerprint density at radius 3 is 2.45 bits per heavy atom. The van der Waals surface area contributed by atoms with Crippen molar-refractivity contribution in [3.05, 3.63) is 51.6 Å². The second-order valence-electron chi connectivity index (χ2n) is 7.41. The van der Waals surface area contributed by atoms with Crippen molar-refractivity contribution in [2.24, 2.45) is 0 Å². The molecule has 3 heterocycles. The van der Waals surface area contributed by atoms with Gasteiger partial charge >= 0.3 is 0 Å². The number of aryl methyl sites for hydroxylation is 1. The number of nitrogens with one attached hydrogen (secondary N) is 1. The number of benzene rings is 1. The molecule has 4 rings (SSSR count). The topological polar surface area (TPSA) is 98.2 Å². The summed E-state index contributed by atoms with van der Waals surface area (Å²) in [4.78, 5) is 32.1. The van der Waals surface area contributed by atoms with Crippen LogP contribution in [0.5, 0.6) is 17.2 Å². The Hall–Kier alpha value is -3.49. The molecule has 31 heavy (non-hydrogen) atoms. The Labute approximate surface area is 179 Å². The van der Waals surface area contributed by atoms with Crippen molar-refractivity contribution in [3.8, 4) is 17.2 Å². The highest BCUT2D eigenvalue weighted by atomic mass is 16.5. The Bertz CT molecular complexity index is 1160. The van der Waals surface area contributed by atoms with E-state index >= 15 is 0 Å². The number of carbonyl (C=O) groups is 1. The molecule has 9 nitrogen and oxygen atoms in total. The first-order valence-electron chi connectivity index (χ1n) is 10.2. The van der Waals surface area contributed by atoms with E-state index in [-0.39, 0.29) is 17.5 Å². The van der Waals surface area contributed by atoms with Crippen molar-refractivity contribution in [1.29, 1.82) is 0 Å². The number of rotatable bonds is 6. The van der Waals surface area contributed by atoms with E-state index in [9.17, 15) is 9.59 Å². The van der Waals surface area contributed by atoms with Crippen LogP contribution in [0, 0.1) is 0 Å². The van der Waals surface area contributed by atoms with Gasteiger partial charge in [-0.2, -0.15) is 0 Å². The Balaban J connectivity index is 1.71. The third-order valence-electron chi connectivity index (χ3n) is 5.67. The second kappa shape index (κ2) is 8.33. The molecule has 1 aliphatic rings. The van der Waals surface area contributed by atoms with E-state index in [0.717, 1.165) is 24.2 Å². The number of amides is 1. The minimum Gasteiger partial charge on any atom is -0.493 e. The number of likely N-dealkylation sites (tertiary alicyclic amines) is 1. The van der Waals surface area contributed by atoms with Crippen LogP contribution < -0.4 is 19.8 Å². The lowest BCUT2D eigenvalue weighted by atomic mass is 10.1. The molecule has 2 aromatic heterocycles. The maximum Gasteiger partial charge on any atom is 0.272 e. The molecule has 1 saturated heterocycles. The van der Waals surface area contributed by atoms with Crippen LogP contribution in [0.2, 0.25) is 0 Å². The van der Waals surface area contributed by atoms with Crippen LogP contribution in [0.3, 0.4) is 0 Å². The molecule has 0 aliphatic carbocycles. The van der Waals surface area contributed by atoms with Gasteiger partial charge in [0, 0.05) is 29.9 Å². The SMILES string of the molecule is CCc1cc(=O)n2[nH]c([C@@H]3CCCN3C(=O)c3cc(OC)c(OC)c(OC)c3)cc2n1. The van der Waals surface area contributed by atoms with Crippen LogP contribution in [0.1, 0.15) is 47.6 Å². The first-order chi connectivity index (χ1) is 15.0. The molecule has 9 heteroatoms. The number of nitrogens with zero attached hydrogens (tertiary/aromatic N) is 3. The van der Waals surface area contributed by atoms with Gasteiger partial charge in [0.25, 0.3) is 11.5 Å². The summed E-state index contributed by atoms with van der Waals surface area (Å²) in [6, 6.07) is 6.51. The number of H-pyrrole nitrogens is 1. The molecule has 1 atom stereocenters. The van der Waals surface area contributed by atoms with Crippen LogP contribution in [0.25, 0.3) is 5.65 Å². The molecule has 1 amide bonds. The lowest BCUT2D eigenvalue weighted by Crippen LogP contribution is -2.31. The molecule has 1 fully saturated rings. The van der Waals surface area contributed by atoms with E-state index in [1.54, 1.807) is 17.0 Å². The molecule has 0 radical (unpaired) electrons. The third kappa shape index (κ3) is 3.60. The van der Waals surface area contributed by atoms with Crippen LogP contribution in [0.4, 0.5) is 0 Å². The number of hydrogen-bond acceptors (Lipinski definition) is 6. The van der Waals surface area contributed by atoms with Crippen LogP contribution in [-0.2, 0) is 6.42 Å². The van der Waals surface area contributed by atoms with Gasteiger partial charge in [-0.05, 0) is 31.4 Å². The molecular weight excluding hydrogens is 400 g/mol. The normalized spacial score (nSPS) is 16.0. The van der Waals surface area contributed by atoms with Gasteiger partial charge in [0.2, 0.25) is 5.75 Å². The van der Waals surface area contributed by atoms with Gasteiger partial charge in [0.05, 0.1) is 33.1 Å². The van der Waals surface area contributed by atoms with Crippen LogP contribution >= 0.6 is 0 Å². The van der Waals surface area contributed by atoms with Gasteiger partial charge < -0.3 is 19.1 Å². The van der Waals surface area contributed by atoms with Crippen molar-refractivity contribution in [3.63, 3.8) is 0 Å².